The molecule has 4 rings (SSSR count). The summed E-state index contributed by atoms with van der Waals surface area (Å²) in [5.41, 5.74) is 0.933. The number of benzene rings is 1. The Morgan fingerprint density at radius 2 is 1.97 bits per heavy atom. The molecule has 0 radical (unpaired) electrons. The summed E-state index contributed by atoms with van der Waals surface area (Å²) in [5.74, 6) is 0.956. The standard InChI is InChI=1S/C21H26FN3O4S/c22-18-7-5-16(6-8-18)12-19-13-23-21(29-19)17-4-3-9-24(14-17)20(26)15-25-10-1-2-11-30(25,27)28/h5-8,13,17H,1-4,9-12,14-15H2/t17-/m1/s1. The summed E-state index contributed by atoms with van der Waals surface area (Å²) in [6.07, 6.45) is 5.34. The topological polar surface area (TPSA) is 83.7 Å². The molecule has 0 unspecified atom stereocenters. The molecule has 7 nitrogen and oxygen atoms in total. The normalized spacial score (nSPS) is 22.2. The summed E-state index contributed by atoms with van der Waals surface area (Å²) in [6, 6.07) is 6.26. The van der Waals surface area contributed by atoms with E-state index in [-0.39, 0.29) is 29.9 Å². The number of halogens is 1. The van der Waals surface area contributed by atoms with Gasteiger partial charge in [-0.05, 0) is 43.4 Å². The third-order valence-corrected chi connectivity index (χ3v) is 7.65. The summed E-state index contributed by atoms with van der Waals surface area (Å²) >= 11 is 0. The van der Waals surface area contributed by atoms with E-state index in [2.05, 4.69) is 4.98 Å². The molecular formula is C21H26FN3O4S. The monoisotopic (exact) mass is 435 g/mol. The van der Waals surface area contributed by atoms with Crippen molar-refractivity contribution in [2.24, 2.45) is 0 Å². The first-order valence-corrected chi connectivity index (χ1v) is 12.0. The van der Waals surface area contributed by atoms with Crippen molar-refractivity contribution in [2.75, 3.05) is 31.9 Å². The molecule has 0 N–H and O–H groups in total. The van der Waals surface area contributed by atoms with Crippen LogP contribution in [0.4, 0.5) is 4.39 Å². The Balaban J connectivity index is 1.37. The van der Waals surface area contributed by atoms with Gasteiger partial charge in [-0.25, -0.2) is 17.8 Å². The number of oxazole rings is 1. The van der Waals surface area contributed by atoms with Crippen molar-refractivity contribution in [2.45, 2.75) is 38.0 Å². The second kappa shape index (κ2) is 8.85. The van der Waals surface area contributed by atoms with Crippen molar-refractivity contribution in [3.05, 3.63) is 53.5 Å². The fourth-order valence-corrected chi connectivity index (χ4v) is 5.61. The zero-order valence-electron chi connectivity index (χ0n) is 16.8. The molecule has 0 bridgehead atoms. The maximum atomic E-state index is 13.1. The van der Waals surface area contributed by atoms with Crippen LogP contribution in [-0.4, -0.2) is 60.4 Å². The predicted octanol–water partition coefficient (Wildman–Crippen LogP) is 2.54. The molecule has 0 aliphatic carbocycles. The second-order valence-corrected chi connectivity index (χ2v) is 10.1. The zero-order valence-corrected chi connectivity index (χ0v) is 17.6. The van der Waals surface area contributed by atoms with E-state index >= 15 is 0 Å². The van der Waals surface area contributed by atoms with Crippen LogP contribution in [0.2, 0.25) is 0 Å². The minimum atomic E-state index is -3.32. The van der Waals surface area contributed by atoms with E-state index in [1.165, 1.54) is 16.4 Å². The van der Waals surface area contributed by atoms with Crippen LogP contribution in [-0.2, 0) is 21.2 Å². The lowest BCUT2D eigenvalue weighted by Gasteiger charge is -2.33. The Morgan fingerprint density at radius 1 is 1.17 bits per heavy atom. The van der Waals surface area contributed by atoms with E-state index in [0.717, 1.165) is 24.8 Å². The van der Waals surface area contributed by atoms with Crippen molar-refractivity contribution in [3.63, 3.8) is 0 Å². The third-order valence-electron chi connectivity index (χ3n) is 5.75. The Bertz CT molecular complexity index is 990. The summed E-state index contributed by atoms with van der Waals surface area (Å²) in [4.78, 5) is 18.9. The molecule has 2 fully saturated rings. The average molecular weight is 436 g/mol. The average Bonchev–Trinajstić information content (AvgIpc) is 3.20. The van der Waals surface area contributed by atoms with Gasteiger partial charge in [0.05, 0.1) is 24.4 Å². The lowest BCUT2D eigenvalue weighted by atomic mass is 9.98. The molecule has 0 saturated carbocycles. The number of amides is 1. The van der Waals surface area contributed by atoms with Crippen LogP contribution in [0.15, 0.2) is 34.9 Å². The van der Waals surface area contributed by atoms with Crippen molar-refractivity contribution in [1.82, 2.24) is 14.2 Å². The van der Waals surface area contributed by atoms with Crippen molar-refractivity contribution in [1.29, 1.82) is 0 Å². The number of carbonyl (C=O) groups excluding carboxylic acids is 1. The Morgan fingerprint density at radius 3 is 2.73 bits per heavy atom. The van der Waals surface area contributed by atoms with Gasteiger partial charge < -0.3 is 9.32 Å². The quantitative estimate of drug-likeness (QED) is 0.721. The SMILES string of the molecule is O=C(CN1CCCCS1(=O)=O)N1CCC[C@@H](c2ncc(Cc3ccc(F)cc3)o2)C1. The van der Waals surface area contributed by atoms with Crippen LogP contribution >= 0.6 is 0 Å². The van der Waals surface area contributed by atoms with Gasteiger partial charge in [-0.2, -0.15) is 4.31 Å². The van der Waals surface area contributed by atoms with Crippen molar-refractivity contribution in [3.8, 4) is 0 Å². The highest BCUT2D eigenvalue weighted by Gasteiger charge is 2.32. The zero-order chi connectivity index (χ0) is 21.1. The third kappa shape index (κ3) is 4.89. The number of carbonyl (C=O) groups is 1. The Labute approximate surface area is 175 Å². The molecule has 162 valence electrons. The molecule has 3 heterocycles. The van der Waals surface area contributed by atoms with Gasteiger partial charge in [0.1, 0.15) is 11.6 Å². The number of piperidine rings is 1. The maximum Gasteiger partial charge on any atom is 0.237 e. The van der Waals surface area contributed by atoms with Crippen LogP contribution in [0.5, 0.6) is 0 Å². The Hall–Kier alpha value is -2.26. The summed E-state index contributed by atoms with van der Waals surface area (Å²) in [5, 5.41) is 0. The highest BCUT2D eigenvalue weighted by molar-refractivity contribution is 7.89. The first-order chi connectivity index (χ1) is 14.4. The lowest BCUT2D eigenvalue weighted by Crippen LogP contribution is -2.48. The molecule has 2 aromatic rings. The predicted molar refractivity (Wildman–Crippen MR) is 109 cm³/mol. The molecule has 2 aliphatic heterocycles. The van der Waals surface area contributed by atoms with Gasteiger partial charge >= 0.3 is 0 Å². The van der Waals surface area contributed by atoms with E-state index in [1.54, 1.807) is 23.2 Å². The number of nitrogens with zero attached hydrogens (tertiary/aromatic N) is 3. The van der Waals surface area contributed by atoms with E-state index in [1.807, 2.05) is 0 Å². The fraction of sp³-hybridized carbons (Fsp3) is 0.524. The fourth-order valence-electron chi connectivity index (χ4n) is 4.07. The summed E-state index contributed by atoms with van der Waals surface area (Å²) < 4.78 is 44.6. The highest BCUT2D eigenvalue weighted by atomic mass is 32.2. The smallest absolute Gasteiger partial charge is 0.237 e. The van der Waals surface area contributed by atoms with E-state index in [0.29, 0.717) is 44.1 Å². The number of likely N-dealkylation sites (tertiary alicyclic amines) is 1. The number of sulfonamides is 1. The van der Waals surface area contributed by atoms with Gasteiger partial charge in [-0.3, -0.25) is 4.79 Å². The lowest BCUT2D eigenvalue weighted by molar-refractivity contribution is -0.132. The molecule has 1 amide bonds. The molecule has 1 aromatic carbocycles. The van der Waals surface area contributed by atoms with Crippen molar-refractivity contribution >= 4 is 15.9 Å². The summed E-state index contributed by atoms with van der Waals surface area (Å²) in [6.45, 7) is 1.42. The van der Waals surface area contributed by atoms with Gasteiger partial charge in [0.2, 0.25) is 15.9 Å². The minimum Gasteiger partial charge on any atom is -0.445 e. The van der Waals surface area contributed by atoms with E-state index in [4.69, 9.17) is 4.42 Å². The second-order valence-electron chi connectivity index (χ2n) is 8.00. The molecule has 2 saturated heterocycles. The van der Waals surface area contributed by atoms with Gasteiger partial charge in [-0.1, -0.05) is 12.1 Å². The molecule has 30 heavy (non-hydrogen) atoms. The van der Waals surface area contributed by atoms with Gasteiger partial charge in [0.15, 0.2) is 5.89 Å². The first-order valence-electron chi connectivity index (χ1n) is 10.4. The molecule has 1 atom stereocenters. The van der Waals surface area contributed by atoms with E-state index in [9.17, 15) is 17.6 Å². The van der Waals surface area contributed by atoms with Crippen LogP contribution in [0, 0.1) is 5.82 Å². The molecule has 2 aliphatic rings. The number of hydrogen-bond acceptors (Lipinski definition) is 5. The van der Waals surface area contributed by atoms with Crippen LogP contribution in [0.25, 0.3) is 0 Å². The molecule has 1 aromatic heterocycles. The minimum absolute atomic E-state index is 0.0115. The van der Waals surface area contributed by atoms with E-state index < -0.39 is 10.0 Å². The van der Waals surface area contributed by atoms with Gasteiger partial charge in [-0.15, -0.1) is 0 Å². The van der Waals surface area contributed by atoms with Gasteiger partial charge in [0, 0.05) is 26.1 Å². The van der Waals surface area contributed by atoms with Crippen LogP contribution in [0.1, 0.15) is 48.8 Å². The first kappa shape index (κ1) is 21.0. The molecule has 9 heteroatoms. The van der Waals surface area contributed by atoms with Crippen molar-refractivity contribution < 1.29 is 22.0 Å². The Kier molecular flexibility index (Phi) is 6.19. The largest absolute Gasteiger partial charge is 0.445 e. The highest BCUT2D eigenvalue weighted by Crippen LogP contribution is 2.27. The van der Waals surface area contributed by atoms with Crippen LogP contribution in [0.3, 0.4) is 0 Å². The van der Waals surface area contributed by atoms with Crippen LogP contribution < -0.4 is 0 Å². The van der Waals surface area contributed by atoms with Gasteiger partial charge in [0.25, 0.3) is 0 Å². The number of aromatic nitrogens is 1. The number of rotatable bonds is 5. The number of hydrogen-bond donors (Lipinski definition) is 0. The summed E-state index contributed by atoms with van der Waals surface area (Å²) in [7, 11) is -3.32. The maximum absolute atomic E-state index is 13.1. The molecular weight excluding hydrogens is 409 g/mol. The molecule has 0 spiro atoms.